The minimum atomic E-state index is 0.113. The lowest BCUT2D eigenvalue weighted by Gasteiger charge is -2.38. The zero-order valence-electron chi connectivity index (χ0n) is 10.9. The highest BCUT2D eigenvalue weighted by molar-refractivity contribution is 6.31. The van der Waals surface area contributed by atoms with Crippen LogP contribution in [0, 0.1) is 18.8 Å². The number of nitrogens with one attached hydrogen (secondary N) is 1. The summed E-state index contributed by atoms with van der Waals surface area (Å²) in [6, 6.07) is 6.22. The molecule has 0 aromatic heterocycles. The maximum absolute atomic E-state index is 6.20. The molecule has 18 heavy (non-hydrogen) atoms. The predicted molar refractivity (Wildman–Crippen MR) is 77.0 cm³/mol. The van der Waals surface area contributed by atoms with Crippen molar-refractivity contribution < 1.29 is 0 Å². The number of halogens is 1. The summed E-state index contributed by atoms with van der Waals surface area (Å²) in [5, 5.41) is 4.52. The first kappa shape index (κ1) is 12.3. The van der Waals surface area contributed by atoms with Crippen molar-refractivity contribution >= 4 is 17.3 Å². The average Bonchev–Trinajstić information content (AvgIpc) is 2.94. The van der Waals surface area contributed by atoms with Gasteiger partial charge in [0.05, 0.1) is 5.54 Å². The van der Waals surface area contributed by atoms with Crippen LogP contribution >= 0.6 is 11.6 Å². The van der Waals surface area contributed by atoms with Gasteiger partial charge in [0.1, 0.15) is 0 Å². The molecule has 2 bridgehead atoms. The third-order valence-corrected chi connectivity index (χ3v) is 5.31. The van der Waals surface area contributed by atoms with Gasteiger partial charge in [-0.25, -0.2) is 0 Å². The minimum Gasteiger partial charge on any atom is -0.378 e. The van der Waals surface area contributed by atoms with E-state index in [-0.39, 0.29) is 5.54 Å². The van der Waals surface area contributed by atoms with Crippen molar-refractivity contribution in [2.24, 2.45) is 17.6 Å². The summed E-state index contributed by atoms with van der Waals surface area (Å²) in [5.74, 6) is 1.62. The van der Waals surface area contributed by atoms with Crippen LogP contribution in [0.25, 0.3) is 0 Å². The summed E-state index contributed by atoms with van der Waals surface area (Å²) >= 11 is 6.20. The Morgan fingerprint density at radius 3 is 2.83 bits per heavy atom. The Balaban J connectivity index is 1.84. The number of anilines is 1. The van der Waals surface area contributed by atoms with Gasteiger partial charge < -0.3 is 11.1 Å². The second-order valence-corrected chi connectivity index (χ2v) is 6.44. The van der Waals surface area contributed by atoms with E-state index in [1.165, 1.54) is 25.7 Å². The van der Waals surface area contributed by atoms with Crippen molar-refractivity contribution in [3.63, 3.8) is 0 Å². The summed E-state index contributed by atoms with van der Waals surface area (Å²) in [7, 11) is 0. The predicted octanol–water partition coefficient (Wildman–Crippen LogP) is 3.58. The lowest BCUT2D eigenvalue weighted by molar-refractivity contribution is 0.306. The maximum Gasteiger partial charge on any atom is 0.0526 e. The number of nitrogens with two attached hydrogens (primary N) is 1. The largest absolute Gasteiger partial charge is 0.378 e. The van der Waals surface area contributed by atoms with E-state index < -0.39 is 0 Å². The lowest BCUT2D eigenvalue weighted by Crippen LogP contribution is -2.49. The Morgan fingerprint density at radius 1 is 1.44 bits per heavy atom. The van der Waals surface area contributed by atoms with Gasteiger partial charge in [0.25, 0.3) is 0 Å². The molecule has 2 aliphatic carbocycles. The molecule has 1 aromatic carbocycles. The molecule has 98 valence electrons. The molecule has 0 heterocycles. The number of benzene rings is 1. The second kappa shape index (κ2) is 4.43. The molecule has 2 saturated carbocycles. The van der Waals surface area contributed by atoms with Gasteiger partial charge in [0.2, 0.25) is 0 Å². The van der Waals surface area contributed by atoms with Crippen LogP contribution in [-0.2, 0) is 0 Å². The summed E-state index contributed by atoms with van der Waals surface area (Å²) in [6.07, 6.45) is 5.29. The van der Waals surface area contributed by atoms with Crippen LogP contribution < -0.4 is 11.1 Å². The number of hydrogen-bond donors (Lipinski definition) is 2. The zero-order valence-corrected chi connectivity index (χ0v) is 11.6. The van der Waals surface area contributed by atoms with E-state index >= 15 is 0 Å². The molecule has 0 radical (unpaired) electrons. The number of rotatable bonds is 3. The summed E-state index contributed by atoms with van der Waals surface area (Å²) in [4.78, 5) is 0. The highest BCUT2D eigenvalue weighted by atomic mass is 35.5. The van der Waals surface area contributed by atoms with E-state index in [2.05, 4.69) is 17.4 Å². The lowest BCUT2D eigenvalue weighted by atomic mass is 9.80. The van der Waals surface area contributed by atoms with Crippen LogP contribution in [0.1, 0.15) is 31.2 Å². The molecule has 1 aromatic rings. The van der Waals surface area contributed by atoms with Crippen LogP contribution in [0.3, 0.4) is 0 Å². The van der Waals surface area contributed by atoms with Crippen LogP contribution in [0.15, 0.2) is 18.2 Å². The first-order chi connectivity index (χ1) is 8.63. The van der Waals surface area contributed by atoms with E-state index in [9.17, 15) is 0 Å². The Labute approximate surface area is 114 Å². The van der Waals surface area contributed by atoms with Crippen molar-refractivity contribution in [1.82, 2.24) is 0 Å². The van der Waals surface area contributed by atoms with Gasteiger partial charge in [-0.1, -0.05) is 17.7 Å². The molecule has 0 amide bonds. The van der Waals surface area contributed by atoms with Crippen LogP contribution in [0.5, 0.6) is 0 Å². The fourth-order valence-corrected chi connectivity index (χ4v) is 4.04. The van der Waals surface area contributed by atoms with Crippen molar-refractivity contribution in [3.05, 3.63) is 28.8 Å². The molecule has 2 aliphatic rings. The van der Waals surface area contributed by atoms with E-state index in [0.29, 0.717) is 0 Å². The molecule has 3 N–H and O–H groups in total. The first-order valence-electron chi connectivity index (χ1n) is 6.87. The van der Waals surface area contributed by atoms with Gasteiger partial charge in [-0.15, -0.1) is 0 Å². The monoisotopic (exact) mass is 264 g/mol. The second-order valence-electron chi connectivity index (χ2n) is 6.03. The SMILES string of the molecule is Cc1ccc(NC2(CN)CC3CCC2C3)cc1Cl. The van der Waals surface area contributed by atoms with E-state index in [1.54, 1.807) is 0 Å². The van der Waals surface area contributed by atoms with Gasteiger partial charge in [-0.3, -0.25) is 0 Å². The molecule has 0 spiro atoms. The van der Waals surface area contributed by atoms with Crippen LogP contribution in [0.4, 0.5) is 5.69 Å². The molecular weight excluding hydrogens is 244 g/mol. The van der Waals surface area contributed by atoms with Gasteiger partial charge in [-0.2, -0.15) is 0 Å². The number of hydrogen-bond acceptors (Lipinski definition) is 2. The third kappa shape index (κ3) is 1.92. The third-order valence-electron chi connectivity index (χ3n) is 4.90. The molecule has 2 fully saturated rings. The Kier molecular flexibility index (Phi) is 3.03. The van der Waals surface area contributed by atoms with Crippen molar-refractivity contribution in [1.29, 1.82) is 0 Å². The van der Waals surface area contributed by atoms with Crippen molar-refractivity contribution in [3.8, 4) is 0 Å². The quantitative estimate of drug-likeness (QED) is 0.876. The maximum atomic E-state index is 6.20. The molecule has 2 nitrogen and oxygen atoms in total. The molecule has 3 atom stereocenters. The van der Waals surface area contributed by atoms with E-state index in [0.717, 1.165) is 34.7 Å². The number of fused-ring (bicyclic) bond motifs is 2. The summed E-state index contributed by atoms with van der Waals surface area (Å²) in [6.45, 7) is 2.75. The number of aryl methyl sites for hydroxylation is 1. The fraction of sp³-hybridized carbons (Fsp3) is 0.600. The Bertz CT molecular complexity index is 460. The van der Waals surface area contributed by atoms with E-state index in [1.807, 2.05) is 13.0 Å². The van der Waals surface area contributed by atoms with Gasteiger partial charge >= 0.3 is 0 Å². The van der Waals surface area contributed by atoms with E-state index in [4.69, 9.17) is 17.3 Å². The van der Waals surface area contributed by atoms with Crippen LogP contribution in [0.2, 0.25) is 5.02 Å². The minimum absolute atomic E-state index is 0.113. The highest BCUT2D eigenvalue weighted by Gasteiger charge is 2.50. The Morgan fingerprint density at radius 2 is 2.28 bits per heavy atom. The highest BCUT2D eigenvalue weighted by Crippen LogP contribution is 2.51. The fourth-order valence-electron chi connectivity index (χ4n) is 3.86. The molecule has 3 rings (SSSR count). The molecule has 3 heteroatoms. The standard InChI is InChI=1S/C15H21ClN2/c1-10-2-5-13(7-14(10)16)18-15(9-17)8-11-3-4-12(15)6-11/h2,5,7,11-12,18H,3-4,6,8-9,17H2,1H3. The van der Waals surface area contributed by atoms with Crippen LogP contribution in [-0.4, -0.2) is 12.1 Å². The summed E-state index contributed by atoms with van der Waals surface area (Å²) in [5.41, 5.74) is 8.42. The Hall–Kier alpha value is -0.730. The normalized spacial score (nSPS) is 33.9. The topological polar surface area (TPSA) is 38.0 Å². The van der Waals surface area contributed by atoms with Crippen molar-refractivity contribution in [2.75, 3.05) is 11.9 Å². The molecule has 0 saturated heterocycles. The van der Waals surface area contributed by atoms with Gasteiger partial charge in [0.15, 0.2) is 0 Å². The zero-order chi connectivity index (χ0) is 12.8. The van der Waals surface area contributed by atoms with Gasteiger partial charge in [-0.05, 0) is 62.1 Å². The average molecular weight is 265 g/mol. The molecular formula is C15H21ClN2. The summed E-state index contributed by atoms with van der Waals surface area (Å²) < 4.78 is 0. The molecule has 3 unspecified atom stereocenters. The smallest absolute Gasteiger partial charge is 0.0526 e. The molecule has 0 aliphatic heterocycles. The van der Waals surface area contributed by atoms with Gasteiger partial charge in [0, 0.05) is 17.3 Å². The first-order valence-corrected chi connectivity index (χ1v) is 7.25. The van der Waals surface area contributed by atoms with Crippen molar-refractivity contribution in [2.45, 2.75) is 38.1 Å².